The molecule has 0 unspecified atom stereocenters. The van der Waals surface area contributed by atoms with Crippen LogP contribution in [-0.2, 0) is 21.2 Å². The lowest BCUT2D eigenvalue weighted by Crippen LogP contribution is -2.54. The summed E-state index contributed by atoms with van der Waals surface area (Å²) in [5.74, 6) is -2.26. The molecule has 3 heterocycles. The lowest BCUT2D eigenvalue weighted by molar-refractivity contribution is -0.137. The number of hydrogen-bond acceptors (Lipinski definition) is 6. The average molecular weight is 484 g/mol. The maximum Gasteiger partial charge on any atom is 0.417 e. The Morgan fingerprint density at radius 1 is 1.32 bits per heavy atom. The van der Waals surface area contributed by atoms with Gasteiger partial charge in [0.25, 0.3) is 11.9 Å². The molecule has 12 heteroatoms. The molecule has 1 amide bonds. The molecule has 1 saturated heterocycles. The van der Waals surface area contributed by atoms with Crippen LogP contribution in [-0.4, -0.2) is 42.9 Å². The minimum atomic E-state index is -4.61. The van der Waals surface area contributed by atoms with E-state index in [1.807, 2.05) is 0 Å². The van der Waals surface area contributed by atoms with Crippen LogP contribution in [0.1, 0.15) is 33.6 Å². The van der Waals surface area contributed by atoms with Crippen molar-refractivity contribution < 1.29 is 36.2 Å². The van der Waals surface area contributed by atoms with Crippen LogP contribution in [0.25, 0.3) is 0 Å². The van der Waals surface area contributed by atoms with Crippen molar-refractivity contribution in [2.75, 3.05) is 25.2 Å². The van der Waals surface area contributed by atoms with E-state index in [1.165, 1.54) is 19.1 Å². The largest absolute Gasteiger partial charge is 0.462 e. The SMILES string of the molecule is Cc1cc(C(F)(F)F)cnc1C(=O)Nc1ccc(F)c([C@@]2(CF)N=C(N)O[C@@H]3CCOC[C@@H]32)c1. The van der Waals surface area contributed by atoms with Crippen molar-refractivity contribution in [2.24, 2.45) is 16.6 Å². The highest BCUT2D eigenvalue weighted by Gasteiger charge is 2.52. The number of carbonyl (C=O) groups is 1. The molecule has 4 rings (SSSR count). The van der Waals surface area contributed by atoms with Crippen molar-refractivity contribution in [2.45, 2.75) is 31.2 Å². The summed E-state index contributed by atoms with van der Waals surface area (Å²) >= 11 is 0. The van der Waals surface area contributed by atoms with E-state index >= 15 is 0 Å². The van der Waals surface area contributed by atoms with Gasteiger partial charge in [-0.1, -0.05) is 0 Å². The lowest BCUT2D eigenvalue weighted by Gasteiger charge is -2.45. The molecule has 2 aliphatic heterocycles. The summed E-state index contributed by atoms with van der Waals surface area (Å²) < 4.78 is 79.1. The Labute approximate surface area is 191 Å². The fourth-order valence-corrected chi connectivity index (χ4v) is 4.32. The number of pyridine rings is 1. The number of benzene rings is 1. The molecule has 1 aromatic heterocycles. The zero-order chi connectivity index (χ0) is 24.7. The predicted molar refractivity (Wildman–Crippen MR) is 111 cm³/mol. The lowest BCUT2D eigenvalue weighted by atomic mass is 9.74. The molecule has 1 fully saturated rings. The molecule has 7 nitrogen and oxygen atoms in total. The molecule has 0 radical (unpaired) electrons. The number of anilines is 1. The van der Waals surface area contributed by atoms with Gasteiger partial charge >= 0.3 is 6.18 Å². The molecule has 2 aromatic rings. The summed E-state index contributed by atoms with van der Waals surface area (Å²) in [7, 11) is 0. The summed E-state index contributed by atoms with van der Waals surface area (Å²) in [4.78, 5) is 20.4. The Morgan fingerprint density at radius 3 is 2.76 bits per heavy atom. The second-order valence-corrected chi connectivity index (χ2v) is 8.17. The molecule has 3 N–H and O–H groups in total. The van der Waals surface area contributed by atoms with Crippen LogP contribution in [0.3, 0.4) is 0 Å². The van der Waals surface area contributed by atoms with E-state index in [4.69, 9.17) is 15.2 Å². The van der Waals surface area contributed by atoms with E-state index in [1.54, 1.807) is 0 Å². The highest BCUT2D eigenvalue weighted by atomic mass is 19.4. The van der Waals surface area contributed by atoms with Gasteiger partial charge in [0.1, 0.15) is 29.8 Å². The van der Waals surface area contributed by atoms with E-state index < -0.39 is 47.7 Å². The van der Waals surface area contributed by atoms with Crippen molar-refractivity contribution in [3.8, 4) is 0 Å². The van der Waals surface area contributed by atoms with E-state index in [9.17, 15) is 26.7 Å². The first-order valence-electron chi connectivity index (χ1n) is 10.4. The first kappa shape index (κ1) is 23.9. The number of amides is 1. The smallest absolute Gasteiger partial charge is 0.417 e. The maximum atomic E-state index is 15.0. The summed E-state index contributed by atoms with van der Waals surface area (Å²) in [5.41, 5.74) is 2.72. The van der Waals surface area contributed by atoms with Crippen molar-refractivity contribution in [3.05, 3.63) is 58.7 Å². The van der Waals surface area contributed by atoms with E-state index in [2.05, 4.69) is 15.3 Å². The number of nitrogens with two attached hydrogens (primary N) is 1. The zero-order valence-corrected chi connectivity index (χ0v) is 18.0. The second kappa shape index (κ2) is 8.82. The molecule has 0 spiro atoms. The van der Waals surface area contributed by atoms with Gasteiger partial charge in [0.15, 0.2) is 0 Å². The summed E-state index contributed by atoms with van der Waals surface area (Å²) in [6, 6.07) is 4.02. The number of nitrogens with zero attached hydrogens (tertiary/aromatic N) is 2. The van der Waals surface area contributed by atoms with Crippen LogP contribution >= 0.6 is 0 Å². The Bertz CT molecular complexity index is 1140. The van der Waals surface area contributed by atoms with Gasteiger partial charge in [-0.2, -0.15) is 13.2 Å². The first-order chi connectivity index (χ1) is 16.0. The van der Waals surface area contributed by atoms with Crippen LogP contribution in [0.5, 0.6) is 0 Å². The van der Waals surface area contributed by atoms with Crippen molar-refractivity contribution in [1.82, 2.24) is 4.98 Å². The number of nitrogens with one attached hydrogen (secondary N) is 1. The Kier molecular flexibility index (Phi) is 6.19. The Balaban J connectivity index is 1.67. The van der Waals surface area contributed by atoms with E-state index in [0.717, 1.165) is 12.1 Å². The molecular weight excluding hydrogens is 463 g/mol. The van der Waals surface area contributed by atoms with Crippen LogP contribution in [0.4, 0.5) is 27.6 Å². The maximum absolute atomic E-state index is 15.0. The molecule has 0 saturated carbocycles. The van der Waals surface area contributed by atoms with Crippen molar-refractivity contribution in [1.29, 1.82) is 0 Å². The Morgan fingerprint density at radius 2 is 2.09 bits per heavy atom. The van der Waals surface area contributed by atoms with Gasteiger partial charge in [0, 0.05) is 23.9 Å². The minimum absolute atomic E-state index is 0.00103. The van der Waals surface area contributed by atoms with Gasteiger partial charge < -0.3 is 20.5 Å². The van der Waals surface area contributed by atoms with Crippen LogP contribution < -0.4 is 11.1 Å². The molecule has 34 heavy (non-hydrogen) atoms. The van der Waals surface area contributed by atoms with Gasteiger partial charge in [0.05, 0.1) is 24.7 Å². The standard InChI is InChI=1S/C22H21F5N4O3/c1-11-6-12(22(25,26)27)8-29-18(11)19(32)30-13-2-3-16(24)14(7-13)21(10-23)15-9-33-5-4-17(15)34-20(28)31-21/h2-3,6-8,15,17H,4-5,9-10H2,1H3,(H2,28,31)(H,30,32)/t15-,17+,21+/m0/s1. The normalized spacial score (nSPS) is 24.6. The highest BCUT2D eigenvalue weighted by Crippen LogP contribution is 2.44. The van der Waals surface area contributed by atoms with Gasteiger partial charge in [0.2, 0.25) is 0 Å². The second-order valence-electron chi connectivity index (χ2n) is 8.17. The van der Waals surface area contributed by atoms with E-state index in [0.29, 0.717) is 19.2 Å². The van der Waals surface area contributed by atoms with Crippen LogP contribution in [0, 0.1) is 18.7 Å². The van der Waals surface area contributed by atoms with Gasteiger partial charge in [-0.15, -0.1) is 0 Å². The number of halogens is 5. The minimum Gasteiger partial charge on any atom is -0.462 e. The Hall–Kier alpha value is -3.28. The van der Waals surface area contributed by atoms with Crippen molar-refractivity contribution in [3.63, 3.8) is 0 Å². The topological polar surface area (TPSA) is 98.8 Å². The number of carbonyl (C=O) groups excluding carboxylic acids is 1. The first-order valence-corrected chi connectivity index (χ1v) is 10.4. The monoisotopic (exact) mass is 484 g/mol. The van der Waals surface area contributed by atoms with Gasteiger partial charge in [-0.3, -0.25) is 9.78 Å². The summed E-state index contributed by atoms with van der Waals surface area (Å²) in [5, 5.41) is 2.47. The number of alkyl halides is 4. The number of rotatable bonds is 4. The quantitative estimate of drug-likeness (QED) is 0.645. The third-order valence-electron chi connectivity index (χ3n) is 6.00. The van der Waals surface area contributed by atoms with Crippen LogP contribution in [0.15, 0.2) is 35.5 Å². The van der Waals surface area contributed by atoms with Crippen LogP contribution in [0.2, 0.25) is 0 Å². The number of hydrogen-bond donors (Lipinski definition) is 2. The molecule has 1 aromatic carbocycles. The summed E-state index contributed by atoms with van der Waals surface area (Å²) in [6.07, 6.45) is -4.16. The third-order valence-corrected chi connectivity index (χ3v) is 6.00. The molecule has 0 bridgehead atoms. The number of fused-ring (bicyclic) bond motifs is 1. The number of ether oxygens (including phenoxy) is 2. The molecular formula is C22H21F5N4O3. The predicted octanol–water partition coefficient (Wildman–Crippen LogP) is 3.72. The molecule has 182 valence electrons. The number of aryl methyl sites for hydroxylation is 1. The van der Waals surface area contributed by atoms with E-state index in [-0.39, 0.29) is 35.1 Å². The highest BCUT2D eigenvalue weighted by molar-refractivity contribution is 6.03. The van der Waals surface area contributed by atoms with Crippen molar-refractivity contribution >= 4 is 17.6 Å². The van der Waals surface area contributed by atoms with Gasteiger partial charge in [-0.25, -0.2) is 13.8 Å². The summed E-state index contributed by atoms with van der Waals surface area (Å²) in [6.45, 7) is 0.647. The number of aliphatic imine (C=N–C) groups is 1. The fourth-order valence-electron chi connectivity index (χ4n) is 4.32. The average Bonchev–Trinajstić information content (AvgIpc) is 2.79. The third kappa shape index (κ3) is 4.29. The molecule has 3 atom stereocenters. The zero-order valence-electron chi connectivity index (χ0n) is 18.0. The number of amidine groups is 1. The fraction of sp³-hybridized carbons (Fsp3) is 0.409. The van der Waals surface area contributed by atoms with Gasteiger partial charge in [-0.05, 0) is 36.8 Å². The molecule has 2 aliphatic rings. The molecule has 0 aliphatic carbocycles. The number of aromatic nitrogens is 1.